The Balaban J connectivity index is 6.37. The Labute approximate surface area is 528 Å². The highest BCUT2D eigenvalue weighted by Crippen LogP contribution is 2.48. The van der Waals surface area contributed by atoms with Gasteiger partial charge in [-0.3, -0.25) is 19.2 Å². The van der Waals surface area contributed by atoms with Crippen LogP contribution in [0.2, 0.25) is 0 Å². The smallest absolute Gasteiger partial charge is 0.306 e. The lowest BCUT2D eigenvalue weighted by molar-refractivity contribution is -0.148. The minimum absolute atomic E-state index is 0.129. The van der Waals surface area contributed by atoms with Gasteiger partial charge in [0.25, 0.3) is 0 Å². The Morgan fingerprint density at radius 2 is 0.306 bits per heavy atom. The Bertz CT molecular complexity index is 1280. The summed E-state index contributed by atoms with van der Waals surface area (Å²) in [5.74, 6) is -3.77. The molecule has 0 radical (unpaired) electrons. The highest BCUT2D eigenvalue weighted by molar-refractivity contribution is 5.73. The first-order valence-electron chi connectivity index (χ1n) is 37.8. The van der Waals surface area contributed by atoms with E-state index in [2.05, 4.69) is 55.4 Å². The van der Waals surface area contributed by atoms with E-state index in [9.17, 15) is 39.6 Å². The van der Waals surface area contributed by atoms with E-state index < -0.39 is 53.0 Å². The fourth-order valence-corrected chi connectivity index (χ4v) is 14.0. The van der Waals surface area contributed by atoms with E-state index in [4.69, 9.17) is 0 Å². The maximum absolute atomic E-state index is 13.5. The molecule has 0 rings (SSSR count). The topological polar surface area (TPSA) is 149 Å². The summed E-state index contributed by atoms with van der Waals surface area (Å²) >= 11 is 0. The number of hydrogen-bond acceptors (Lipinski definition) is 4. The van der Waals surface area contributed by atoms with Crippen LogP contribution in [0.3, 0.4) is 0 Å². The molecule has 0 spiro atoms. The van der Waals surface area contributed by atoms with Crippen molar-refractivity contribution in [1.82, 2.24) is 0 Å². The molecule has 0 saturated carbocycles. The van der Waals surface area contributed by atoms with Crippen molar-refractivity contribution in [2.24, 2.45) is 52.8 Å². The van der Waals surface area contributed by atoms with Gasteiger partial charge < -0.3 is 20.4 Å². The highest BCUT2D eigenvalue weighted by atomic mass is 16.4. The standard InChI is InChI=1S/C77H148O8/c1-65(2)53-45-37-29-21-13-9-17-25-33-41-49-57-69(73(78)79)61-77(62-70(74(80)81)58-50-42-34-26-18-10-14-22-30-38-46-54-66(3)4,63-71(75(82)83)59-51-43-35-27-19-11-15-23-31-39-47-55-67(5)6)64-72(76(84)85)60-52-44-36-28-20-12-16-24-32-40-48-56-68(7)8/h65-72H,9-64H2,1-8H3,(H,78,79)(H,80,81)(H,82,83)(H,84,85). The zero-order valence-electron chi connectivity index (χ0n) is 58.1. The van der Waals surface area contributed by atoms with Crippen molar-refractivity contribution < 1.29 is 39.6 Å². The minimum atomic E-state index is -1.06. The molecule has 0 aromatic heterocycles. The molecule has 0 saturated heterocycles. The van der Waals surface area contributed by atoms with Crippen LogP contribution in [-0.4, -0.2) is 44.3 Å². The molecule has 85 heavy (non-hydrogen) atoms. The van der Waals surface area contributed by atoms with Crippen molar-refractivity contribution in [3.05, 3.63) is 0 Å². The number of unbranched alkanes of at least 4 members (excludes halogenated alkanes) is 40. The van der Waals surface area contributed by atoms with Crippen molar-refractivity contribution in [3.63, 3.8) is 0 Å². The van der Waals surface area contributed by atoms with E-state index in [0.29, 0.717) is 25.7 Å². The molecule has 0 amide bonds. The normalized spacial score (nSPS) is 14.2. The average Bonchev–Trinajstić information content (AvgIpc) is 3.57. The van der Waals surface area contributed by atoms with Crippen LogP contribution in [0.5, 0.6) is 0 Å². The average molecular weight is 1200 g/mol. The van der Waals surface area contributed by atoms with Crippen molar-refractivity contribution in [2.45, 2.75) is 415 Å². The van der Waals surface area contributed by atoms with E-state index in [1.165, 1.54) is 205 Å². The summed E-state index contributed by atoms with van der Waals surface area (Å²) in [7, 11) is 0. The van der Waals surface area contributed by atoms with Crippen LogP contribution in [0.15, 0.2) is 0 Å². The number of carboxylic acids is 4. The van der Waals surface area contributed by atoms with Crippen LogP contribution in [0, 0.1) is 52.8 Å². The van der Waals surface area contributed by atoms with Crippen molar-refractivity contribution >= 4 is 23.9 Å². The predicted octanol–water partition coefficient (Wildman–Crippen LogP) is 25.2. The third kappa shape index (κ3) is 54.5. The van der Waals surface area contributed by atoms with Gasteiger partial charge in [0.15, 0.2) is 0 Å². The molecule has 0 aromatic rings. The third-order valence-corrected chi connectivity index (χ3v) is 19.5. The van der Waals surface area contributed by atoms with E-state index in [-0.39, 0.29) is 25.7 Å². The summed E-state index contributed by atoms with van der Waals surface area (Å²) in [5.41, 5.74) is -1.06. The fraction of sp³-hybridized carbons (Fsp3) is 0.948. The second kappa shape index (κ2) is 58.3. The van der Waals surface area contributed by atoms with Gasteiger partial charge in [-0.1, -0.05) is 364 Å². The summed E-state index contributed by atoms with van der Waals surface area (Å²) in [4.78, 5) is 54.0. The maximum atomic E-state index is 13.5. The van der Waals surface area contributed by atoms with Gasteiger partial charge in [-0.2, -0.15) is 0 Å². The minimum Gasteiger partial charge on any atom is -0.481 e. The van der Waals surface area contributed by atoms with Crippen LogP contribution in [0.25, 0.3) is 0 Å². The lowest BCUT2D eigenvalue weighted by atomic mass is 9.62. The van der Waals surface area contributed by atoms with Gasteiger partial charge in [-0.25, -0.2) is 0 Å². The molecule has 4 unspecified atom stereocenters. The Morgan fingerprint density at radius 1 is 0.200 bits per heavy atom. The molecule has 4 atom stereocenters. The SMILES string of the molecule is CC(C)CCCCCCCCCCCCCC(CC(CC(CCCCCCCCCCCCCC(C)C)C(=O)O)(CC(CCCCCCCCCCCCCC(C)C)C(=O)O)CC(CCCCCCCCCCCCCC(C)C)C(=O)O)C(=O)O. The molecular weight excluding hydrogens is 1050 g/mol. The molecule has 0 bridgehead atoms. The Morgan fingerprint density at radius 3 is 0.412 bits per heavy atom. The van der Waals surface area contributed by atoms with Crippen molar-refractivity contribution in [2.75, 3.05) is 0 Å². The summed E-state index contributed by atoms with van der Waals surface area (Å²) in [6.45, 7) is 18.4. The molecule has 0 heterocycles. The van der Waals surface area contributed by atoms with Gasteiger partial charge in [0.1, 0.15) is 0 Å². The number of carbonyl (C=O) groups is 4. The van der Waals surface area contributed by atoms with E-state index >= 15 is 0 Å². The number of hydrogen-bond donors (Lipinski definition) is 4. The van der Waals surface area contributed by atoms with Crippen molar-refractivity contribution in [3.8, 4) is 0 Å². The molecule has 8 nitrogen and oxygen atoms in total. The fourth-order valence-electron chi connectivity index (χ4n) is 14.0. The van der Waals surface area contributed by atoms with Gasteiger partial charge in [0.2, 0.25) is 0 Å². The summed E-state index contributed by atoms with van der Waals surface area (Å²) in [6.07, 6.45) is 58.8. The van der Waals surface area contributed by atoms with E-state index in [1.54, 1.807) is 0 Å². The second-order valence-corrected chi connectivity index (χ2v) is 29.9. The quantitative estimate of drug-likeness (QED) is 0.0440. The number of carboxylic acid groups (broad SMARTS) is 4. The molecule has 8 heteroatoms. The van der Waals surface area contributed by atoms with Gasteiger partial charge in [0, 0.05) is 0 Å². The highest BCUT2D eigenvalue weighted by Gasteiger charge is 2.44. The molecule has 504 valence electrons. The number of aliphatic carboxylic acids is 4. The lowest BCUT2D eigenvalue weighted by Crippen LogP contribution is -2.38. The Kier molecular flexibility index (Phi) is 56.8. The van der Waals surface area contributed by atoms with E-state index in [0.717, 1.165) is 126 Å². The second-order valence-electron chi connectivity index (χ2n) is 29.9. The molecular formula is C77H148O8. The molecule has 0 aromatic carbocycles. The summed E-state index contributed by atoms with van der Waals surface area (Å²) in [6, 6.07) is 0. The molecule has 0 aliphatic carbocycles. The molecule has 0 aliphatic rings. The van der Waals surface area contributed by atoms with Crippen LogP contribution in [0.4, 0.5) is 0 Å². The molecule has 4 N–H and O–H groups in total. The van der Waals surface area contributed by atoms with Gasteiger partial charge in [0.05, 0.1) is 23.7 Å². The van der Waals surface area contributed by atoms with Gasteiger partial charge >= 0.3 is 23.9 Å². The van der Waals surface area contributed by atoms with Crippen LogP contribution >= 0.6 is 0 Å². The zero-order chi connectivity index (χ0) is 63.0. The zero-order valence-corrected chi connectivity index (χ0v) is 58.1. The Hall–Kier alpha value is -2.12. The summed E-state index contributed by atoms with van der Waals surface area (Å²) < 4.78 is 0. The van der Waals surface area contributed by atoms with Crippen LogP contribution in [0.1, 0.15) is 415 Å². The van der Waals surface area contributed by atoms with Gasteiger partial charge in [-0.15, -0.1) is 0 Å². The monoisotopic (exact) mass is 1200 g/mol. The largest absolute Gasteiger partial charge is 0.481 e. The molecule has 0 aliphatic heterocycles. The van der Waals surface area contributed by atoms with Crippen molar-refractivity contribution in [1.29, 1.82) is 0 Å². The maximum Gasteiger partial charge on any atom is 0.306 e. The first-order valence-corrected chi connectivity index (χ1v) is 37.8. The van der Waals surface area contributed by atoms with E-state index in [1.807, 2.05) is 0 Å². The third-order valence-electron chi connectivity index (χ3n) is 19.5. The first-order chi connectivity index (χ1) is 40.9. The van der Waals surface area contributed by atoms with Crippen LogP contribution in [-0.2, 0) is 19.2 Å². The summed E-state index contributed by atoms with van der Waals surface area (Å²) in [5, 5.41) is 44.2. The lowest BCUT2D eigenvalue weighted by Gasteiger charge is -2.41. The molecule has 0 fully saturated rings. The first kappa shape index (κ1) is 82.9. The number of rotatable bonds is 68. The predicted molar refractivity (Wildman–Crippen MR) is 365 cm³/mol. The van der Waals surface area contributed by atoms with Crippen LogP contribution < -0.4 is 0 Å². The van der Waals surface area contributed by atoms with Gasteiger partial charge in [-0.05, 0) is 80.5 Å².